The van der Waals surface area contributed by atoms with Gasteiger partial charge in [-0.3, -0.25) is 0 Å². The van der Waals surface area contributed by atoms with Crippen molar-refractivity contribution >= 4 is 10.9 Å². The van der Waals surface area contributed by atoms with Crippen LogP contribution in [-0.4, -0.2) is 22.7 Å². The van der Waals surface area contributed by atoms with Crippen LogP contribution in [0, 0.1) is 12.7 Å². The Morgan fingerprint density at radius 2 is 1.91 bits per heavy atom. The second-order valence-corrected chi connectivity index (χ2v) is 5.98. The van der Waals surface area contributed by atoms with Gasteiger partial charge in [-0.1, -0.05) is 6.07 Å². The van der Waals surface area contributed by atoms with Gasteiger partial charge in [0.05, 0.1) is 6.61 Å². The van der Waals surface area contributed by atoms with Crippen molar-refractivity contribution in [2.75, 3.05) is 6.61 Å². The molecule has 3 rings (SSSR count). The number of aromatic amines is 1. The van der Waals surface area contributed by atoms with E-state index < -0.39 is 0 Å². The van der Waals surface area contributed by atoms with Crippen molar-refractivity contribution in [3.8, 4) is 11.3 Å². The summed E-state index contributed by atoms with van der Waals surface area (Å²) in [4.78, 5) is 3.42. The highest BCUT2D eigenvalue weighted by molar-refractivity contribution is 5.90. The molecule has 120 valence electrons. The third-order valence-electron chi connectivity index (χ3n) is 4.18. The van der Waals surface area contributed by atoms with E-state index in [-0.39, 0.29) is 18.5 Å². The molecule has 1 atom stereocenters. The zero-order chi connectivity index (χ0) is 16.4. The van der Waals surface area contributed by atoms with Crippen molar-refractivity contribution < 1.29 is 9.50 Å². The van der Waals surface area contributed by atoms with E-state index in [1.807, 2.05) is 6.92 Å². The Bertz CT molecular complexity index is 808. The number of nitrogens with one attached hydrogen (secondary N) is 2. The lowest BCUT2D eigenvalue weighted by Gasteiger charge is -2.10. The van der Waals surface area contributed by atoms with E-state index in [9.17, 15) is 4.39 Å². The second-order valence-electron chi connectivity index (χ2n) is 5.98. The summed E-state index contributed by atoms with van der Waals surface area (Å²) in [6.07, 6.45) is 0. The number of aryl methyl sites for hydroxylation is 1. The molecule has 1 aromatic heterocycles. The monoisotopic (exact) mass is 312 g/mol. The van der Waals surface area contributed by atoms with Gasteiger partial charge in [0.2, 0.25) is 0 Å². The lowest BCUT2D eigenvalue weighted by Crippen LogP contribution is -2.28. The Morgan fingerprint density at radius 3 is 2.61 bits per heavy atom. The molecule has 1 heterocycles. The Labute approximate surface area is 135 Å². The maximum Gasteiger partial charge on any atom is 0.123 e. The molecule has 3 aromatic rings. The molecule has 0 bridgehead atoms. The number of benzene rings is 2. The van der Waals surface area contributed by atoms with E-state index in [1.165, 1.54) is 23.1 Å². The van der Waals surface area contributed by atoms with Gasteiger partial charge < -0.3 is 15.4 Å². The van der Waals surface area contributed by atoms with Gasteiger partial charge >= 0.3 is 0 Å². The highest BCUT2D eigenvalue weighted by Crippen LogP contribution is 2.30. The smallest absolute Gasteiger partial charge is 0.123 e. The number of fused-ring (bicyclic) bond motifs is 1. The summed E-state index contributed by atoms with van der Waals surface area (Å²) in [5, 5.41) is 13.5. The van der Waals surface area contributed by atoms with Crippen LogP contribution in [0.4, 0.5) is 4.39 Å². The fraction of sp³-hybridized carbons (Fsp3) is 0.263. The van der Waals surface area contributed by atoms with Crippen LogP contribution in [0.3, 0.4) is 0 Å². The zero-order valence-corrected chi connectivity index (χ0v) is 13.4. The van der Waals surface area contributed by atoms with Gasteiger partial charge in [0.25, 0.3) is 0 Å². The first-order chi connectivity index (χ1) is 11.1. The molecule has 23 heavy (non-hydrogen) atoms. The molecule has 0 saturated carbocycles. The van der Waals surface area contributed by atoms with Crippen molar-refractivity contribution in [1.29, 1.82) is 0 Å². The van der Waals surface area contributed by atoms with E-state index in [0.717, 1.165) is 22.3 Å². The molecule has 0 aliphatic carbocycles. The van der Waals surface area contributed by atoms with E-state index >= 15 is 0 Å². The molecule has 0 saturated heterocycles. The number of hydrogen-bond donors (Lipinski definition) is 3. The first-order valence-electron chi connectivity index (χ1n) is 7.80. The molecular weight excluding hydrogens is 291 g/mol. The van der Waals surface area contributed by atoms with Gasteiger partial charge in [-0.05, 0) is 66.9 Å². The van der Waals surface area contributed by atoms with Crippen LogP contribution in [-0.2, 0) is 6.54 Å². The predicted octanol–water partition coefficient (Wildman–Crippen LogP) is 3.75. The van der Waals surface area contributed by atoms with E-state index in [4.69, 9.17) is 5.11 Å². The topological polar surface area (TPSA) is 48.0 Å². The van der Waals surface area contributed by atoms with Gasteiger partial charge in [-0.15, -0.1) is 0 Å². The first-order valence-corrected chi connectivity index (χ1v) is 7.80. The Morgan fingerprint density at radius 1 is 1.17 bits per heavy atom. The molecule has 2 aromatic carbocycles. The van der Waals surface area contributed by atoms with Crippen LogP contribution in [0.5, 0.6) is 0 Å². The molecule has 3 nitrogen and oxygen atoms in total. The molecule has 3 N–H and O–H groups in total. The van der Waals surface area contributed by atoms with Crippen molar-refractivity contribution in [1.82, 2.24) is 10.3 Å². The third-order valence-corrected chi connectivity index (χ3v) is 4.18. The Hall–Kier alpha value is -2.17. The van der Waals surface area contributed by atoms with Crippen LogP contribution in [0.25, 0.3) is 22.2 Å². The van der Waals surface area contributed by atoms with Crippen LogP contribution in [0.1, 0.15) is 18.1 Å². The van der Waals surface area contributed by atoms with Crippen molar-refractivity contribution in [3.05, 3.63) is 59.4 Å². The molecule has 0 spiro atoms. The molecule has 0 amide bonds. The number of H-pyrrole nitrogens is 1. The van der Waals surface area contributed by atoms with Crippen LogP contribution in [0.15, 0.2) is 42.5 Å². The highest BCUT2D eigenvalue weighted by atomic mass is 19.1. The lowest BCUT2D eigenvalue weighted by molar-refractivity contribution is 0.251. The number of aromatic nitrogens is 1. The molecule has 0 fully saturated rings. The van der Waals surface area contributed by atoms with Gasteiger partial charge in [0, 0.05) is 29.2 Å². The number of aliphatic hydroxyl groups excluding tert-OH is 1. The standard InChI is InChI=1S/C19H21FN2O/c1-12(11-23)21-10-14-3-8-18-17(9-14)13(2)19(22-18)15-4-6-16(20)7-5-15/h3-9,12,21-23H,10-11H2,1-2H3. The molecule has 0 aliphatic heterocycles. The van der Waals surface area contributed by atoms with Crippen molar-refractivity contribution in [3.63, 3.8) is 0 Å². The molecule has 0 radical (unpaired) electrons. The highest BCUT2D eigenvalue weighted by Gasteiger charge is 2.10. The van der Waals surface area contributed by atoms with Gasteiger partial charge in [-0.25, -0.2) is 4.39 Å². The molecule has 0 aliphatic rings. The normalized spacial score (nSPS) is 12.7. The summed E-state index contributed by atoms with van der Waals surface area (Å²) < 4.78 is 13.1. The summed E-state index contributed by atoms with van der Waals surface area (Å²) >= 11 is 0. The van der Waals surface area contributed by atoms with Gasteiger partial charge in [0.15, 0.2) is 0 Å². The third kappa shape index (κ3) is 3.28. The Balaban J connectivity index is 1.94. The SMILES string of the molecule is Cc1c(-c2ccc(F)cc2)[nH]c2ccc(CNC(C)CO)cc12. The van der Waals surface area contributed by atoms with Crippen LogP contribution >= 0.6 is 0 Å². The predicted molar refractivity (Wildman–Crippen MR) is 91.8 cm³/mol. The zero-order valence-electron chi connectivity index (χ0n) is 13.4. The largest absolute Gasteiger partial charge is 0.395 e. The number of halogens is 1. The van der Waals surface area contributed by atoms with E-state index in [0.29, 0.717) is 6.54 Å². The molecular formula is C19H21FN2O. The summed E-state index contributed by atoms with van der Waals surface area (Å²) in [6.45, 7) is 4.87. The lowest BCUT2D eigenvalue weighted by atomic mass is 10.0. The average Bonchev–Trinajstić information content (AvgIpc) is 2.90. The maximum atomic E-state index is 13.1. The summed E-state index contributed by atoms with van der Waals surface area (Å²) in [6, 6.07) is 12.9. The minimum absolute atomic E-state index is 0.0767. The Kier molecular flexibility index (Phi) is 4.46. The number of hydrogen-bond acceptors (Lipinski definition) is 2. The fourth-order valence-electron chi connectivity index (χ4n) is 2.75. The molecule has 1 unspecified atom stereocenters. The average molecular weight is 312 g/mol. The molecule has 4 heteroatoms. The van der Waals surface area contributed by atoms with Gasteiger partial charge in [-0.2, -0.15) is 0 Å². The van der Waals surface area contributed by atoms with Gasteiger partial charge in [0.1, 0.15) is 5.82 Å². The van der Waals surface area contributed by atoms with Crippen LogP contribution in [0.2, 0.25) is 0 Å². The van der Waals surface area contributed by atoms with Crippen LogP contribution < -0.4 is 5.32 Å². The summed E-state index contributed by atoms with van der Waals surface area (Å²) in [5.74, 6) is -0.228. The van der Waals surface area contributed by atoms with E-state index in [2.05, 4.69) is 35.4 Å². The summed E-state index contributed by atoms with van der Waals surface area (Å²) in [7, 11) is 0. The van der Waals surface area contributed by atoms with Crippen molar-refractivity contribution in [2.24, 2.45) is 0 Å². The van der Waals surface area contributed by atoms with Crippen molar-refractivity contribution in [2.45, 2.75) is 26.4 Å². The maximum absolute atomic E-state index is 13.1. The minimum Gasteiger partial charge on any atom is -0.395 e. The minimum atomic E-state index is -0.228. The first kappa shape index (κ1) is 15.7. The number of rotatable bonds is 5. The second kappa shape index (κ2) is 6.52. The summed E-state index contributed by atoms with van der Waals surface area (Å²) in [5.41, 5.74) is 5.40. The quantitative estimate of drug-likeness (QED) is 0.672. The fourth-order valence-corrected chi connectivity index (χ4v) is 2.75. The van der Waals surface area contributed by atoms with E-state index in [1.54, 1.807) is 12.1 Å². The number of aliphatic hydroxyl groups is 1.